The van der Waals surface area contributed by atoms with Crippen LogP contribution in [0.4, 0.5) is 5.95 Å². The molecule has 1 N–H and O–H groups in total. The first kappa shape index (κ1) is 10.6. The van der Waals surface area contributed by atoms with E-state index in [0.717, 1.165) is 23.6 Å². The second-order valence-electron chi connectivity index (χ2n) is 3.68. The molecule has 2 aromatic rings. The number of nitrogens with zero attached hydrogens (tertiary/aromatic N) is 4. The SMILES string of the molecule is CCNc1nc(C)cc(-n2cc(C)cn2)n1. The molecule has 2 aromatic heterocycles. The summed E-state index contributed by atoms with van der Waals surface area (Å²) in [5.74, 6) is 1.43. The van der Waals surface area contributed by atoms with Gasteiger partial charge in [-0.15, -0.1) is 0 Å². The fraction of sp³-hybridized carbons (Fsp3) is 0.364. The van der Waals surface area contributed by atoms with E-state index in [0.29, 0.717) is 5.95 Å². The highest BCUT2D eigenvalue weighted by Gasteiger charge is 2.04. The van der Waals surface area contributed by atoms with Gasteiger partial charge in [0.15, 0.2) is 5.82 Å². The Kier molecular flexibility index (Phi) is 2.85. The molecule has 0 atom stereocenters. The zero-order valence-electron chi connectivity index (χ0n) is 9.73. The van der Waals surface area contributed by atoms with Crippen LogP contribution in [-0.4, -0.2) is 26.3 Å². The molecule has 16 heavy (non-hydrogen) atoms. The van der Waals surface area contributed by atoms with Gasteiger partial charge < -0.3 is 5.32 Å². The number of aryl methyl sites for hydroxylation is 2. The minimum atomic E-state index is 0.644. The quantitative estimate of drug-likeness (QED) is 0.850. The summed E-state index contributed by atoms with van der Waals surface area (Å²) in [5, 5.41) is 7.33. The lowest BCUT2D eigenvalue weighted by Gasteiger charge is -2.06. The molecule has 2 rings (SSSR count). The van der Waals surface area contributed by atoms with E-state index in [2.05, 4.69) is 20.4 Å². The summed E-state index contributed by atoms with van der Waals surface area (Å²) in [6.07, 6.45) is 3.75. The fourth-order valence-electron chi connectivity index (χ4n) is 1.44. The van der Waals surface area contributed by atoms with Gasteiger partial charge in [-0.05, 0) is 26.3 Å². The maximum atomic E-state index is 4.39. The summed E-state index contributed by atoms with van der Waals surface area (Å²) < 4.78 is 1.75. The molecule has 0 bridgehead atoms. The van der Waals surface area contributed by atoms with Crippen LogP contribution in [0.3, 0.4) is 0 Å². The molecule has 84 valence electrons. The third-order valence-corrected chi connectivity index (χ3v) is 2.12. The molecule has 0 aromatic carbocycles. The number of hydrogen-bond donors (Lipinski definition) is 1. The van der Waals surface area contributed by atoms with Crippen LogP contribution in [0.2, 0.25) is 0 Å². The molecule has 0 amide bonds. The van der Waals surface area contributed by atoms with Crippen molar-refractivity contribution in [2.24, 2.45) is 0 Å². The number of nitrogens with one attached hydrogen (secondary N) is 1. The molecule has 0 aliphatic rings. The third kappa shape index (κ3) is 2.18. The average molecular weight is 217 g/mol. The molecule has 0 unspecified atom stereocenters. The molecule has 2 heterocycles. The van der Waals surface area contributed by atoms with Gasteiger partial charge in [-0.2, -0.15) is 10.1 Å². The van der Waals surface area contributed by atoms with Gasteiger partial charge in [-0.25, -0.2) is 9.67 Å². The standard InChI is InChI=1S/C11H15N5/c1-4-12-11-14-9(3)5-10(15-11)16-7-8(2)6-13-16/h5-7H,4H2,1-3H3,(H,12,14,15). The molecular weight excluding hydrogens is 202 g/mol. The zero-order chi connectivity index (χ0) is 11.5. The van der Waals surface area contributed by atoms with Crippen LogP contribution in [0.25, 0.3) is 5.82 Å². The summed E-state index contributed by atoms with van der Waals surface area (Å²) in [6.45, 7) is 6.77. The van der Waals surface area contributed by atoms with Gasteiger partial charge in [-0.3, -0.25) is 0 Å². The van der Waals surface area contributed by atoms with E-state index < -0.39 is 0 Å². The van der Waals surface area contributed by atoms with Crippen LogP contribution in [-0.2, 0) is 0 Å². The molecule has 0 aliphatic carbocycles. The van der Waals surface area contributed by atoms with Crippen LogP contribution in [0, 0.1) is 13.8 Å². The predicted molar refractivity (Wildman–Crippen MR) is 62.8 cm³/mol. The van der Waals surface area contributed by atoms with E-state index in [1.807, 2.05) is 39.2 Å². The second kappa shape index (κ2) is 4.30. The Labute approximate surface area is 94.5 Å². The van der Waals surface area contributed by atoms with Gasteiger partial charge >= 0.3 is 0 Å². The van der Waals surface area contributed by atoms with Crippen molar-refractivity contribution in [3.63, 3.8) is 0 Å². The van der Waals surface area contributed by atoms with Crippen LogP contribution in [0.5, 0.6) is 0 Å². The monoisotopic (exact) mass is 217 g/mol. The van der Waals surface area contributed by atoms with Crippen molar-refractivity contribution in [2.75, 3.05) is 11.9 Å². The molecule has 0 fully saturated rings. The van der Waals surface area contributed by atoms with E-state index in [-0.39, 0.29) is 0 Å². The van der Waals surface area contributed by atoms with E-state index in [1.54, 1.807) is 4.68 Å². The summed E-state index contributed by atoms with van der Waals surface area (Å²) in [7, 11) is 0. The van der Waals surface area contributed by atoms with E-state index >= 15 is 0 Å². The van der Waals surface area contributed by atoms with Crippen molar-refractivity contribution in [1.82, 2.24) is 19.7 Å². The fourth-order valence-corrected chi connectivity index (χ4v) is 1.44. The first-order valence-electron chi connectivity index (χ1n) is 5.30. The third-order valence-electron chi connectivity index (χ3n) is 2.12. The molecule has 0 saturated carbocycles. The second-order valence-corrected chi connectivity index (χ2v) is 3.68. The minimum Gasteiger partial charge on any atom is -0.354 e. The first-order valence-corrected chi connectivity index (χ1v) is 5.30. The van der Waals surface area contributed by atoms with Crippen molar-refractivity contribution >= 4 is 5.95 Å². The Hall–Kier alpha value is -1.91. The molecule has 5 heteroatoms. The maximum Gasteiger partial charge on any atom is 0.224 e. The number of rotatable bonds is 3. The normalized spacial score (nSPS) is 10.4. The lowest BCUT2D eigenvalue weighted by atomic mass is 10.4. The number of anilines is 1. The molecule has 0 spiro atoms. The van der Waals surface area contributed by atoms with E-state index in [9.17, 15) is 0 Å². The minimum absolute atomic E-state index is 0.644. The van der Waals surface area contributed by atoms with E-state index in [4.69, 9.17) is 0 Å². The lowest BCUT2D eigenvalue weighted by Crippen LogP contribution is -2.07. The van der Waals surface area contributed by atoms with Gasteiger partial charge in [0.1, 0.15) is 0 Å². The number of hydrogen-bond acceptors (Lipinski definition) is 4. The van der Waals surface area contributed by atoms with Crippen LogP contribution >= 0.6 is 0 Å². The van der Waals surface area contributed by atoms with Crippen molar-refractivity contribution in [1.29, 1.82) is 0 Å². The largest absolute Gasteiger partial charge is 0.354 e. The van der Waals surface area contributed by atoms with Gasteiger partial charge in [0.05, 0.1) is 6.20 Å². The molecule has 0 saturated heterocycles. The maximum absolute atomic E-state index is 4.39. The Balaban J connectivity index is 2.40. The van der Waals surface area contributed by atoms with Crippen molar-refractivity contribution < 1.29 is 0 Å². The Morgan fingerprint density at radius 1 is 1.31 bits per heavy atom. The lowest BCUT2D eigenvalue weighted by molar-refractivity contribution is 0.834. The van der Waals surface area contributed by atoms with Crippen LogP contribution in [0.1, 0.15) is 18.2 Å². The van der Waals surface area contributed by atoms with Crippen LogP contribution in [0.15, 0.2) is 18.5 Å². The summed E-state index contributed by atoms with van der Waals surface area (Å²) in [6, 6.07) is 1.91. The van der Waals surface area contributed by atoms with Crippen molar-refractivity contribution in [3.05, 3.63) is 29.7 Å². The smallest absolute Gasteiger partial charge is 0.224 e. The predicted octanol–water partition coefficient (Wildman–Crippen LogP) is 1.71. The summed E-state index contributed by atoms with van der Waals surface area (Å²) in [5.41, 5.74) is 2.04. The van der Waals surface area contributed by atoms with Crippen molar-refractivity contribution in [2.45, 2.75) is 20.8 Å². The summed E-state index contributed by atoms with van der Waals surface area (Å²) >= 11 is 0. The van der Waals surface area contributed by atoms with Gasteiger partial charge in [-0.1, -0.05) is 0 Å². The zero-order valence-corrected chi connectivity index (χ0v) is 9.73. The van der Waals surface area contributed by atoms with Crippen molar-refractivity contribution in [3.8, 4) is 5.82 Å². The molecule has 0 radical (unpaired) electrons. The first-order chi connectivity index (χ1) is 7.69. The average Bonchev–Trinajstić information content (AvgIpc) is 2.64. The summed E-state index contributed by atoms with van der Waals surface area (Å²) in [4.78, 5) is 8.68. The highest BCUT2D eigenvalue weighted by molar-refractivity contribution is 5.34. The Morgan fingerprint density at radius 3 is 2.75 bits per heavy atom. The number of aromatic nitrogens is 4. The molecular formula is C11H15N5. The van der Waals surface area contributed by atoms with Gasteiger partial charge in [0.25, 0.3) is 0 Å². The Morgan fingerprint density at radius 2 is 2.12 bits per heavy atom. The van der Waals surface area contributed by atoms with E-state index in [1.165, 1.54) is 0 Å². The van der Waals surface area contributed by atoms with Gasteiger partial charge in [0, 0.05) is 24.5 Å². The Bertz CT molecular complexity index is 489. The van der Waals surface area contributed by atoms with Gasteiger partial charge in [0.2, 0.25) is 5.95 Å². The molecule has 0 aliphatic heterocycles. The topological polar surface area (TPSA) is 55.6 Å². The van der Waals surface area contributed by atoms with Crippen LogP contribution < -0.4 is 5.32 Å². The highest BCUT2D eigenvalue weighted by Crippen LogP contribution is 2.09. The highest BCUT2D eigenvalue weighted by atomic mass is 15.3. The molecule has 5 nitrogen and oxygen atoms in total.